The van der Waals surface area contributed by atoms with Crippen molar-refractivity contribution in [1.82, 2.24) is 9.88 Å². The van der Waals surface area contributed by atoms with Gasteiger partial charge in [0.05, 0.1) is 12.1 Å². The Morgan fingerprint density at radius 3 is 2.68 bits per heavy atom. The average Bonchev–Trinajstić information content (AvgIpc) is 3.36. The molecule has 1 amide bonds. The maximum atomic E-state index is 12.8. The number of hydrogen-bond acceptors (Lipinski definition) is 5. The molecular weight excluding hydrogens is 417 g/mol. The third-order valence-electron chi connectivity index (χ3n) is 4.93. The molecule has 0 unspecified atom stereocenters. The standard InChI is InChI=1S/C20H21N3O2S.2ClH/c1-13-18(22-20(25-13)15-7-8-26-12-15)9-19(24)23-10-16(17(21)11-23)14-5-3-2-4-6-14;;/h2-8,12,16-17H,9-11,21H2,1H3;2*1H/t16-,17+;;/m0../s1. The molecular formula is C20H23Cl2N3O2S. The number of aryl methyl sites for hydroxylation is 1. The van der Waals surface area contributed by atoms with Gasteiger partial charge in [0.2, 0.25) is 11.8 Å². The van der Waals surface area contributed by atoms with Crippen molar-refractivity contribution in [1.29, 1.82) is 0 Å². The third-order valence-corrected chi connectivity index (χ3v) is 5.61. The van der Waals surface area contributed by atoms with Crippen molar-refractivity contribution >= 4 is 42.1 Å². The molecule has 0 aliphatic carbocycles. The Morgan fingerprint density at radius 2 is 2.00 bits per heavy atom. The van der Waals surface area contributed by atoms with Crippen LogP contribution in [0, 0.1) is 6.92 Å². The molecule has 0 radical (unpaired) electrons. The number of carbonyl (C=O) groups is 1. The Labute approximate surface area is 180 Å². The zero-order valence-corrected chi connectivity index (χ0v) is 17.9. The molecule has 8 heteroatoms. The quantitative estimate of drug-likeness (QED) is 0.665. The van der Waals surface area contributed by atoms with Crippen molar-refractivity contribution in [2.75, 3.05) is 13.1 Å². The average molecular weight is 440 g/mol. The van der Waals surface area contributed by atoms with Gasteiger partial charge in [-0.1, -0.05) is 30.3 Å². The zero-order chi connectivity index (χ0) is 18.1. The van der Waals surface area contributed by atoms with Crippen LogP contribution in [0.1, 0.15) is 22.9 Å². The summed E-state index contributed by atoms with van der Waals surface area (Å²) in [5, 5.41) is 3.97. The molecule has 5 nitrogen and oxygen atoms in total. The molecule has 2 N–H and O–H groups in total. The summed E-state index contributed by atoms with van der Waals surface area (Å²) in [5.74, 6) is 1.50. The van der Waals surface area contributed by atoms with Gasteiger partial charge < -0.3 is 15.1 Å². The molecule has 1 aliphatic rings. The van der Waals surface area contributed by atoms with Crippen LogP contribution in [0.2, 0.25) is 0 Å². The lowest BCUT2D eigenvalue weighted by Gasteiger charge is -2.16. The van der Waals surface area contributed by atoms with Crippen molar-refractivity contribution < 1.29 is 9.21 Å². The molecule has 1 aliphatic heterocycles. The molecule has 4 rings (SSSR count). The monoisotopic (exact) mass is 439 g/mol. The van der Waals surface area contributed by atoms with Crippen molar-refractivity contribution in [3.8, 4) is 11.5 Å². The summed E-state index contributed by atoms with van der Waals surface area (Å²) in [6.45, 7) is 3.08. The van der Waals surface area contributed by atoms with Crippen molar-refractivity contribution in [3.05, 3.63) is 64.2 Å². The van der Waals surface area contributed by atoms with Gasteiger partial charge in [-0.05, 0) is 23.9 Å². The first-order chi connectivity index (χ1) is 12.6. The van der Waals surface area contributed by atoms with Gasteiger partial charge in [0.1, 0.15) is 5.76 Å². The Morgan fingerprint density at radius 1 is 1.25 bits per heavy atom. The third kappa shape index (κ3) is 4.58. The largest absolute Gasteiger partial charge is 0.441 e. The van der Waals surface area contributed by atoms with Gasteiger partial charge in [-0.2, -0.15) is 11.3 Å². The number of amides is 1. The van der Waals surface area contributed by atoms with E-state index < -0.39 is 0 Å². The second kappa shape index (κ2) is 9.56. The normalized spacial score (nSPS) is 18.4. The number of thiophene rings is 1. The predicted molar refractivity (Wildman–Crippen MR) is 116 cm³/mol. The van der Waals surface area contributed by atoms with Crippen LogP contribution < -0.4 is 5.73 Å². The number of oxazole rings is 1. The Balaban J connectivity index is 0.00000140. The number of carbonyl (C=O) groups excluding carboxylic acids is 1. The van der Waals surface area contributed by atoms with Crippen LogP contribution in [-0.4, -0.2) is 34.9 Å². The van der Waals surface area contributed by atoms with Crippen LogP contribution in [0.15, 0.2) is 51.6 Å². The van der Waals surface area contributed by atoms with E-state index in [1.807, 2.05) is 46.8 Å². The van der Waals surface area contributed by atoms with Crippen molar-refractivity contribution in [2.45, 2.75) is 25.3 Å². The fourth-order valence-electron chi connectivity index (χ4n) is 3.44. The highest BCUT2D eigenvalue weighted by molar-refractivity contribution is 7.08. The maximum absolute atomic E-state index is 12.8. The van der Waals surface area contributed by atoms with E-state index in [2.05, 4.69) is 17.1 Å². The van der Waals surface area contributed by atoms with Gasteiger partial charge in [0.25, 0.3) is 0 Å². The highest BCUT2D eigenvalue weighted by Crippen LogP contribution is 2.28. The molecule has 2 atom stereocenters. The topological polar surface area (TPSA) is 72.4 Å². The Bertz CT molecular complexity index is 900. The van der Waals surface area contributed by atoms with Crippen molar-refractivity contribution in [3.63, 3.8) is 0 Å². The smallest absolute Gasteiger partial charge is 0.228 e. The fourth-order valence-corrected chi connectivity index (χ4v) is 4.07. The van der Waals surface area contributed by atoms with E-state index in [0.29, 0.717) is 30.4 Å². The molecule has 150 valence electrons. The highest BCUT2D eigenvalue weighted by Gasteiger charge is 2.34. The lowest BCUT2D eigenvalue weighted by atomic mass is 9.95. The van der Waals surface area contributed by atoms with Gasteiger partial charge >= 0.3 is 0 Å². The van der Waals surface area contributed by atoms with E-state index in [0.717, 1.165) is 5.56 Å². The lowest BCUT2D eigenvalue weighted by molar-refractivity contribution is -0.129. The highest BCUT2D eigenvalue weighted by atomic mass is 35.5. The summed E-state index contributed by atoms with van der Waals surface area (Å²) < 4.78 is 5.73. The van der Waals surface area contributed by atoms with E-state index >= 15 is 0 Å². The maximum Gasteiger partial charge on any atom is 0.228 e. The number of benzene rings is 1. The summed E-state index contributed by atoms with van der Waals surface area (Å²) >= 11 is 1.59. The van der Waals surface area contributed by atoms with Crippen molar-refractivity contribution in [2.24, 2.45) is 5.73 Å². The molecule has 2 aromatic heterocycles. The zero-order valence-electron chi connectivity index (χ0n) is 15.4. The predicted octanol–water partition coefficient (Wildman–Crippen LogP) is 4.05. The SMILES string of the molecule is Cc1oc(-c2ccsc2)nc1CC(=O)N1C[C@@H](N)[C@H](c2ccccc2)C1.Cl.Cl. The Kier molecular flexibility index (Phi) is 7.66. The molecule has 28 heavy (non-hydrogen) atoms. The summed E-state index contributed by atoms with van der Waals surface area (Å²) in [4.78, 5) is 19.1. The molecule has 0 bridgehead atoms. The first-order valence-electron chi connectivity index (χ1n) is 8.69. The van der Waals surface area contributed by atoms with Gasteiger partial charge in [-0.25, -0.2) is 4.98 Å². The van der Waals surface area contributed by atoms with Crippen LogP contribution >= 0.6 is 36.2 Å². The van der Waals surface area contributed by atoms with E-state index in [-0.39, 0.29) is 49.1 Å². The molecule has 1 fully saturated rings. The first kappa shape index (κ1) is 22.4. The van der Waals surface area contributed by atoms with Crippen LogP contribution in [0.3, 0.4) is 0 Å². The fraction of sp³-hybridized carbons (Fsp3) is 0.300. The number of rotatable bonds is 4. The molecule has 3 aromatic rings. The molecule has 1 saturated heterocycles. The number of hydrogen-bond donors (Lipinski definition) is 1. The molecule has 0 saturated carbocycles. The number of likely N-dealkylation sites (tertiary alicyclic amines) is 1. The van der Waals surface area contributed by atoms with E-state index in [4.69, 9.17) is 10.2 Å². The lowest BCUT2D eigenvalue weighted by Crippen LogP contribution is -2.33. The number of nitrogens with two attached hydrogens (primary N) is 1. The summed E-state index contributed by atoms with van der Waals surface area (Å²) in [7, 11) is 0. The second-order valence-electron chi connectivity index (χ2n) is 6.69. The van der Waals surface area contributed by atoms with E-state index in [1.54, 1.807) is 11.3 Å². The number of aromatic nitrogens is 1. The van der Waals surface area contributed by atoms with Crippen LogP contribution in [-0.2, 0) is 11.2 Å². The minimum atomic E-state index is -0.0406. The van der Waals surface area contributed by atoms with Crippen LogP contribution in [0.25, 0.3) is 11.5 Å². The minimum Gasteiger partial charge on any atom is -0.441 e. The van der Waals surface area contributed by atoms with Gasteiger partial charge in [0.15, 0.2) is 0 Å². The van der Waals surface area contributed by atoms with Gasteiger partial charge in [-0.3, -0.25) is 4.79 Å². The Hall–Kier alpha value is -1.86. The van der Waals surface area contributed by atoms with E-state index in [1.165, 1.54) is 5.56 Å². The van der Waals surface area contributed by atoms with E-state index in [9.17, 15) is 4.79 Å². The first-order valence-corrected chi connectivity index (χ1v) is 9.63. The second-order valence-corrected chi connectivity index (χ2v) is 7.47. The number of nitrogens with zero attached hydrogens (tertiary/aromatic N) is 2. The summed E-state index contributed by atoms with van der Waals surface area (Å²) in [6, 6.07) is 12.1. The number of halogens is 2. The summed E-state index contributed by atoms with van der Waals surface area (Å²) in [5.41, 5.74) is 9.14. The molecule has 1 aromatic carbocycles. The minimum absolute atomic E-state index is 0. The van der Waals surface area contributed by atoms with Crippen LogP contribution in [0.4, 0.5) is 0 Å². The molecule has 0 spiro atoms. The van der Waals surface area contributed by atoms with Gasteiger partial charge in [-0.15, -0.1) is 24.8 Å². The van der Waals surface area contributed by atoms with Gasteiger partial charge in [0, 0.05) is 36.0 Å². The molecule has 3 heterocycles. The summed E-state index contributed by atoms with van der Waals surface area (Å²) in [6.07, 6.45) is 0.244. The van der Waals surface area contributed by atoms with Crippen LogP contribution in [0.5, 0.6) is 0 Å².